The van der Waals surface area contributed by atoms with Gasteiger partial charge in [-0.25, -0.2) is 0 Å². The lowest BCUT2D eigenvalue weighted by molar-refractivity contribution is -0.143. The lowest BCUT2D eigenvalue weighted by atomic mass is 9.77. The maximum Gasteiger partial charge on any atom is 0.314 e. The Morgan fingerprint density at radius 3 is 2.67 bits per heavy atom. The zero-order chi connectivity index (χ0) is 10.9. The van der Waals surface area contributed by atoms with E-state index < -0.39 is 11.4 Å². The molecule has 3 heteroatoms. The summed E-state index contributed by atoms with van der Waals surface area (Å²) in [4.78, 5) is 15.5. The number of hydrogen-bond donors (Lipinski definition) is 1. The predicted molar refractivity (Wildman–Crippen MR) is 56.8 cm³/mol. The molecule has 1 N–H and O–H groups in total. The van der Waals surface area contributed by atoms with Gasteiger partial charge in [-0.05, 0) is 37.0 Å². The van der Waals surface area contributed by atoms with Gasteiger partial charge in [0, 0.05) is 12.4 Å². The van der Waals surface area contributed by atoms with Gasteiger partial charge in [0.25, 0.3) is 0 Å². The van der Waals surface area contributed by atoms with Crippen molar-refractivity contribution in [2.24, 2.45) is 0 Å². The predicted octanol–water partition coefficient (Wildman–Crippen LogP) is 2.29. The maximum atomic E-state index is 11.5. The van der Waals surface area contributed by atoms with Gasteiger partial charge < -0.3 is 5.11 Å². The highest BCUT2D eigenvalue weighted by Gasteiger charge is 2.43. The minimum absolute atomic E-state index is 0.646. The topological polar surface area (TPSA) is 50.2 Å². The zero-order valence-corrected chi connectivity index (χ0v) is 8.86. The summed E-state index contributed by atoms with van der Waals surface area (Å²) in [5.74, 6) is -0.686. The molecule has 80 valence electrons. The van der Waals surface area contributed by atoms with E-state index in [9.17, 15) is 9.90 Å². The van der Waals surface area contributed by atoms with Crippen molar-refractivity contribution in [3.63, 3.8) is 0 Å². The highest BCUT2D eigenvalue weighted by molar-refractivity contribution is 5.82. The van der Waals surface area contributed by atoms with Gasteiger partial charge in [-0.3, -0.25) is 9.78 Å². The van der Waals surface area contributed by atoms with E-state index in [1.807, 2.05) is 13.0 Å². The number of nitrogens with zero attached hydrogens (tertiary/aromatic N) is 1. The van der Waals surface area contributed by atoms with Crippen molar-refractivity contribution in [2.75, 3.05) is 0 Å². The first-order valence-corrected chi connectivity index (χ1v) is 5.31. The zero-order valence-electron chi connectivity index (χ0n) is 8.86. The summed E-state index contributed by atoms with van der Waals surface area (Å²) >= 11 is 0. The monoisotopic (exact) mass is 205 g/mol. The summed E-state index contributed by atoms with van der Waals surface area (Å²) in [7, 11) is 0. The minimum atomic E-state index is -0.686. The fourth-order valence-electron chi connectivity index (χ4n) is 2.59. The second-order valence-electron chi connectivity index (χ2n) is 4.28. The molecule has 2 rings (SSSR count). The average Bonchev–Trinajstić information content (AvgIpc) is 2.68. The molecule has 1 fully saturated rings. The van der Waals surface area contributed by atoms with Gasteiger partial charge in [-0.2, -0.15) is 0 Å². The maximum absolute atomic E-state index is 11.5. The van der Waals surface area contributed by atoms with Crippen molar-refractivity contribution in [3.05, 3.63) is 29.6 Å². The van der Waals surface area contributed by atoms with E-state index in [-0.39, 0.29) is 0 Å². The van der Waals surface area contributed by atoms with E-state index in [4.69, 9.17) is 0 Å². The third-order valence-electron chi connectivity index (χ3n) is 3.40. The first-order chi connectivity index (χ1) is 7.17. The van der Waals surface area contributed by atoms with Gasteiger partial charge in [-0.1, -0.05) is 12.8 Å². The molecule has 0 unspecified atom stereocenters. The molecule has 1 aromatic heterocycles. The Kier molecular flexibility index (Phi) is 2.47. The second-order valence-corrected chi connectivity index (χ2v) is 4.28. The Morgan fingerprint density at radius 2 is 2.13 bits per heavy atom. The molecular weight excluding hydrogens is 190 g/mol. The molecule has 1 aliphatic rings. The van der Waals surface area contributed by atoms with Crippen LogP contribution in [-0.2, 0) is 10.2 Å². The van der Waals surface area contributed by atoms with E-state index in [1.165, 1.54) is 0 Å². The van der Waals surface area contributed by atoms with Crippen molar-refractivity contribution in [1.82, 2.24) is 4.98 Å². The van der Waals surface area contributed by atoms with E-state index in [0.717, 1.165) is 36.8 Å². The van der Waals surface area contributed by atoms with Crippen LogP contribution in [-0.4, -0.2) is 16.1 Å². The van der Waals surface area contributed by atoms with Gasteiger partial charge in [-0.15, -0.1) is 0 Å². The third kappa shape index (κ3) is 1.52. The molecule has 0 bridgehead atoms. The second kappa shape index (κ2) is 3.65. The van der Waals surface area contributed by atoms with Crippen LogP contribution in [0.3, 0.4) is 0 Å². The molecule has 1 aliphatic carbocycles. The van der Waals surface area contributed by atoms with Crippen LogP contribution >= 0.6 is 0 Å². The molecule has 0 spiro atoms. The number of pyridine rings is 1. The smallest absolute Gasteiger partial charge is 0.314 e. The number of rotatable bonds is 2. The van der Waals surface area contributed by atoms with Crippen molar-refractivity contribution < 1.29 is 9.90 Å². The molecule has 1 aromatic rings. The molecule has 15 heavy (non-hydrogen) atoms. The summed E-state index contributed by atoms with van der Waals surface area (Å²) in [6.07, 6.45) is 6.96. The van der Waals surface area contributed by atoms with Crippen molar-refractivity contribution >= 4 is 5.97 Å². The Morgan fingerprint density at radius 1 is 1.47 bits per heavy atom. The average molecular weight is 205 g/mol. The minimum Gasteiger partial charge on any atom is -0.481 e. The molecule has 3 nitrogen and oxygen atoms in total. The van der Waals surface area contributed by atoms with Crippen molar-refractivity contribution in [3.8, 4) is 0 Å². The molecule has 0 saturated heterocycles. The SMILES string of the molecule is Cc1cnccc1C1(C(=O)O)CCCC1. The van der Waals surface area contributed by atoms with E-state index in [0.29, 0.717) is 0 Å². The summed E-state index contributed by atoms with van der Waals surface area (Å²) in [6.45, 7) is 1.94. The van der Waals surface area contributed by atoms with Crippen LogP contribution in [0.2, 0.25) is 0 Å². The van der Waals surface area contributed by atoms with E-state index >= 15 is 0 Å². The normalized spacial score (nSPS) is 19.0. The quantitative estimate of drug-likeness (QED) is 0.805. The standard InChI is InChI=1S/C12H15NO2/c1-9-8-13-7-4-10(9)12(11(14)15)5-2-3-6-12/h4,7-8H,2-3,5-6H2,1H3,(H,14,15). The molecule has 0 amide bonds. The van der Waals surface area contributed by atoms with E-state index in [2.05, 4.69) is 4.98 Å². The van der Waals surface area contributed by atoms with Crippen LogP contribution in [0.25, 0.3) is 0 Å². The van der Waals surface area contributed by atoms with Gasteiger partial charge in [0.15, 0.2) is 0 Å². The van der Waals surface area contributed by atoms with Crippen LogP contribution < -0.4 is 0 Å². The van der Waals surface area contributed by atoms with Crippen LogP contribution in [0, 0.1) is 6.92 Å². The molecule has 0 atom stereocenters. The Balaban J connectivity index is 2.50. The van der Waals surface area contributed by atoms with Gasteiger partial charge in [0.1, 0.15) is 0 Å². The number of hydrogen-bond acceptors (Lipinski definition) is 2. The number of carbonyl (C=O) groups is 1. The lowest BCUT2D eigenvalue weighted by Crippen LogP contribution is -2.33. The van der Waals surface area contributed by atoms with Crippen LogP contribution in [0.15, 0.2) is 18.5 Å². The summed E-state index contributed by atoms with van der Waals surface area (Å²) < 4.78 is 0. The highest BCUT2D eigenvalue weighted by Crippen LogP contribution is 2.42. The lowest BCUT2D eigenvalue weighted by Gasteiger charge is -2.25. The fraction of sp³-hybridized carbons (Fsp3) is 0.500. The van der Waals surface area contributed by atoms with Gasteiger partial charge >= 0.3 is 5.97 Å². The third-order valence-corrected chi connectivity index (χ3v) is 3.40. The van der Waals surface area contributed by atoms with E-state index in [1.54, 1.807) is 12.4 Å². The first-order valence-electron chi connectivity index (χ1n) is 5.31. The Labute approximate surface area is 89.2 Å². The Bertz CT molecular complexity index is 381. The molecular formula is C12H15NO2. The molecule has 0 radical (unpaired) electrons. The highest BCUT2D eigenvalue weighted by atomic mass is 16.4. The summed E-state index contributed by atoms with van der Waals surface area (Å²) in [5, 5.41) is 9.42. The molecule has 0 aliphatic heterocycles. The number of aromatic nitrogens is 1. The van der Waals surface area contributed by atoms with Gasteiger partial charge in [0.2, 0.25) is 0 Å². The number of aryl methyl sites for hydroxylation is 1. The number of carboxylic acid groups (broad SMARTS) is 1. The fourth-order valence-corrected chi connectivity index (χ4v) is 2.59. The summed E-state index contributed by atoms with van der Waals surface area (Å²) in [5.41, 5.74) is 1.29. The molecule has 1 saturated carbocycles. The summed E-state index contributed by atoms with van der Waals surface area (Å²) in [6, 6.07) is 1.86. The first kappa shape index (κ1) is 10.1. The van der Waals surface area contributed by atoms with Crippen LogP contribution in [0.1, 0.15) is 36.8 Å². The van der Waals surface area contributed by atoms with Crippen LogP contribution in [0.5, 0.6) is 0 Å². The van der Waals surface area contributed by atoms with Crippen molar-refractivity contribution in [2.45, 2.75) is 38.0 Å². The number of carboxylic acids is 1. The van der Waals surface area contributed by atoms with Gasteiger partial charge in [0.05, 0.1) is 5.41 Å². The molecule has 0 aromatic carbocycles. The Hall–Kier alpha value is -1.38. The molecule has 1 heterocycles. The number of aliphatic carboxylic acids is 1. The van der Waals surface area contributed by atoms with Crippen molar-refractivity contribution in [1.29, 1.82) is 0 Å². The van der Waals surface area contributed by atoms with Crippen LogP contribution in [0.4, 0.5) is 0 Å². The largest absolute Gasteiger partial charge is 0.481 e.